The molecule has 0 saturated carbocycles. The number of carbonyl (C=O) groups excluding carboxylic acids is 1. The normalized spacial score (nSPS) is 24.0. The molecule has 1 aliphatic carbocycles. The van der Waals surface area contributed by atoms with Gasteiger partial charge in [0.05, 0.1) is 31.4 Å². The van der Waals surface area contributed by atoms with Crippen molar-refractivity contribution in [3.63, 3.8) is 0 Å². The molecule has 2 aromatic rings. The van der Waals surface area contributed by atoms with Crippen LogP contribution in [0.5, 0.6) is 0 Å². The van der Waals surface area contributed by atoms with Gasteiger partial charge in [-0.2, -0.15) is 0 Å². The number of aliphatic hydroxyl groups is 1. The minimum absolute atomic E-state index is 0.0256. The van der Waals surface area contributed by atoms with E-state index in [4.69, 9.17) is 9.15 Å². The SMILES string of the molecule is O=C(c1coc(CN2CCOCC2)c1)N1CCC2(CC1)c1ccccc1C[C@@H]2O. The second kappa shape index (κ2) is 7.59. The zero-order valence-electron chi connectivity index (χ0n) is 16.7. The molecule has 2 saturated heterocycles. The first-order chi connectivity index (χ1) is 14.2. The van der Waals surface area contributed by atoms with Crippen LogP contribution in [0, 0.1) is 0 Å². The molecular weight excluding hydrogens is 368 g/mol. The van der Waals surface area contributed by atoms with Gasteiger partial charge in [-0.15, -0.1) is 0 Å². The van der Waals surface area contributed by atoms with E-state index in [2.05, 4.69) is 23.1 Å². The van der Waals surface area contributed by atoms with Gasteiger partial charge < -0.3 is 19.2 Å². The maximum Gasteiger partial charge on any atom is 0.257 e. The number of hydrogen-bond donors (Lipinski definition) is 1. The molecule has 3 aliphatic rings. The Morgan fingerprint density at radius 1 is 1.14 bits per heavy atom. The molecule has 2 aliphatic heterocycles. The second-order valence-corrected chi connectivity index (χ2v) is 8.52. The molecule has 6 nitrogen and oxygen atoms in total. The Balaban J connectivity index is 1.24. The largest absolute Gasteiger partial charge is 0.467 e. The zero-order chi connectivity index (χ0) is 19.8. The third-order valence-corrected chi connectivity index (χ3v) is 6.93. The number of amides is 1. The third-order valence-electron chi connectivity index (χ3n) is 6.93. The van der Waals surface area contributed by atoms with Gasteiger partial charge in [-0.3, -0.25) is 9.69 Å². The number of aliphatic hydroxyl groups excluding tert-OH is 1. The van der Waals surface area contributed by atoms with E-state index in [1.54, 1.807) is 6.26 Å². The lowest BCUT2D eigenvalue weighted by atomic mass is 9.72. The summed E-state index contributed by atoms with van der Waals surface area (Å²) in [6, 6.07) is 10.2. The van der Waals surface area contributed by atoms with Gasteiger partial charge in [0.1, 0.15) is 12.0 Å². The molecule has 3 heterocycles. The van der Waals surface area contributed by atoms with Crippen LogP contribution in [-0.4, -0.2) is 66.3 Å². The number of likely N-dealkylation sites (tertiary alicyclic amines) is 1. The van der Waals surface area contributed by atoms with E-state index in [1.165, 1.54) is 11.1 Å². The lowest BCUT2D eigenvalue weighted by Gasteiger charge is -2.42. The molecule has 1 amide bonds. The van der Waals surface area contributed by atoms with Crippen molar-refractivity contribution in [1.82, 2.24) is 9.80 Å². The van der Waals surface area contributed by atoms with Crippen molar-refractivity contribution < 1.29 is 19.1 Å². The van der Waals surface area contributed by atoms with E-state index in [1.807, 2.05) is 17.0 Å². The Morgan fingerprint density at radius 2 is 1.90 bits per heavy atom. The van der Waals surface area contributed by atoms with Crippen LogP contribution in [0.15, 0.2) is 41.0 Å². The predicted octanol–water partition coefficient (Wildman–Crippen LogP) is 2.20. The fourth-order valence-corrected chi connectivity index (χ4v) is 5.22. The number of ether oxygens (including phenoxy) is 1. The van der Waals surface area contributed by atoms with Crippen LogP contribution < -0.4 is 0 Å². The molecule has 1 atom stereocenters. The molecule has 0 bridgehead atoms. The summed E-state index contributed by atoms with van der Waals surface area (Å²) in [5.74, 6) is 0.849. The minimum Gasteiger partial charge on any atom is -0.467 e. The highest BCUT2D eigenvalue weighted by atomic mass is 16.5. The quantitative estimate of drug-likeness (QED) is 0.862. The molecule has 2 fully saturated rings. The van der Waals surface area contributed by atoms with Gasteiger partial charge in [0.2, 0.25) is 0 Å². The number of nitrogens with zero attached hydrogens (tertiary/aromatic N) is 2. The fourth-order valence-electron chi connectivity index (χ4n) is 5.22. The maximum atomic E-state index is 13.0. The summed E-state index contributed by atoms with van der Waals surface area (Å²) in [5, 5.41) is 10.8. The average Bonchev–Trinajstić information content (AvgIpc) is 3.32. The Hall–Kier alpha value is -2.15. The summed E-state index contributed by atoms with van der Waals surface area (Å²) in [4.78, 5) is 17.2. The Morgan fingerprint density at radius 3 is 2.69 bits per heavy atom. The molecule has 1 N–H and O–H groups in total. The van der Waals surface area contributed by atoms with Crippen molar-refractivity contribution in [2.24, 2.45) is 0 Å². The topological polar surface area (TPSA) is 66.2 Å². The van der Waals surface area contributed by atoms with E-state index in [9.17, 15) is 9.90 Å². The van der Waals surface area contributed by atoms with Crippen LogP contribution in [0.1, 0.15) is 40.1 Å². The lowest BCUT2D eigenvalue weighted by Crippen LogP contribution is -2.49. The van der Waals surface area contributed by atoms with E-state index >= 15 is 0 Å². The van der Waals surface area contributed by atoms with E-state index in [0.717, 1.165) is 51.3 Å². The summed E-state index contributed by atoms with van der Waals surface area (Å²) in [5.41, 5.74) is 2.94. The molecule has 1 spiro atoms. The summed E-state index contributed by atoms with van der Waals surface area (Å²) in [6.07, 6.45) is 3.55. The van der Waals surface area contributed by atoms with Crippen LogP contribution in [0.2, 0.25) is 0 Å². The van der Waals surface area contributed by atoms with Crippen molar-refractivity contribution >= 4 is 5.91 Å². The van der Waals surface area contributed by atoms with Crippen LogP contribution in [0.25, 0.3) is 0 Å². The molecule has 29 heavy (non-hydrogen) atoms. The number of benzene rings is 1. The standard InChI is InChI=1S/C23H28N2O4/c26-21-14-17-3-1-2-4-20(17)23(21)5-7-25(8-6-23)22(27)18-13-19(29-16-18)15-24-9-11-28-12-10-24/h1-4,13,16,21,26H,5-12,14-15H2/t21-/m0/s1. The van der Waals surface area contributed by atoms with Gasteiger partial charge in [-0.25, -0.2) is 0 Å². The predicted molar refractivity (Wildman–Crippen MR) is 108 cm³/mol. The number of fused-ring (bicyclic) bond motifs is 2. The average molecular weight is 396 g/mol. The number of furan rings is 1. The Kier molecular flexibility index (Phi) is 4.94. The Bertz CT molecular complexity index is 879. The summed E-state index contributed by atoms with van der Waals surface area (Å²) in [6.45, 7) is 5.31. The van der Waals surface area contributed by atoms with Crippen LogP contribution in [-0.2, 0) is 23.1 Å². The van der Waals surface area contributed by atoms with Crippen LogP contribution in [0.4, 0.5) is 0 Å². The first-order valence-corrected chi connectivity index (χ1v) is 10.6. The third kappa shape index (κ3) is 3.39. The number of hydrogen-bond acceptors (Lipinski definition) is 5. The van der Waals surface area contributed by atoms with E-state index in [0.29, 0.717) is 25.2 Å². The van der Waals surface area contributed by atoms with Crippen LogP contribution in [0.3, 0.4) is 0 Å². The van der Waals surface area contributed by atoms with Crippen molar-refractivity contribution in [2.45, 2.75) is 37.3 Å². The van der Waals surface area contributed by atoms with Gasteiger partial charge in [0.15, 0.2) is 0 Å². The van der Waals surface area contributed by atoms with E-state index in [-0.39, 0.29) is 17.4 Å². The summed E-state index contributed by atoms with van der Waals surface area (Å²) < 4.78 is 11.0. The highest BCUT2D eigenvalue weighted by Crippen LogP contribution is 2.46. The van der Waals surface area contributed by atoms with Gasteiger partial charge in [0.25, 0.3) is 5.91 Å². The molecule has 6 heteroatoms. The van der Waals surface area contributed by atoms with Gasteiger partial charge in [-0.1, -0.05) is 24.3 Å². The van der Waals surface area contributed by atoms with Crippen molar-refractivity contribution in [2.75, 3.05) is 39.4 Å². The van der Waals surface area contributed by atoms with Gasteiger partial charge >= 0.3 is 0 Å². The number of carbonyl (C=O) groups is 1. The number of rotatable bonds is 3. The molecule has 1 aromatic heterocycles. The first kappa shape index (κ1) is 18.9. The smallest absolute Gasteiger partial charge is 0.257 e. The van der Waals surface area contributed by atoms with E-state index < -0.39 is 0 Å². The molecule has 154 valence electrons. The molecule has 5 rings (SSSR count). The highest BCUT2D eigenvalue weighted by molar-refractivity contribution is 5.94. The molecule has 1 aromatic carbocycles. The van der Waals surface area contributed by atoms with Crippen LogP contribution >= 0.6 is 0 Å². The fraction of sp³-hybridized carbons (Fsp3) is 0.522. The number of morpholine rings is 1. The molecular formula is C23H28N2O4. The summed E-state index contributed by atoms with van der Waals surface area (Å²) in [7, 11) is 0. The molecule has 0 radical (unpaired) electrons. The van der Waals surface area contributed by atoms with Gasteiger partial charge in [-0.05, 0) is 36.5 Å². The monoisotopic (exact) mass is 396 g/mol. The second-order valence-electron chi connectivity index (χ2n) is 8.52. The minimum atomic E-state index is -0.355. The lowest BCUT2D eigenvalue weighted by molar-refractivity contribution is 0.0313. The van der Waals surface area contributed by atoms with Crippen molar-refractivity contribution in [1.29, 1.82) is 0 Å². The van der Waals surface area contributed by atoms with Crippen molar-refractivity contribution in [3.05, 3.63) is 59.0 Å². The van der Waals surface area contributed by atoms with Gasteiger partial charge in [0, 0.05) is 31.6 Å². The zero-order valence-corrected chi connectivity index (χ0v) is 16.7. The molecule has 0 unspecified atom stereocenters. The first-order valence-electron chi connectivity index (χ1n) is 10.6. The number of piperidine rings is 1. The maximum absolute atomic E-state index is 13.0. The Labute approximate surface area is 171 Å². The van der Waals surface area contributed by atoms with Crippen molar-refractivity contribution in [3.8, 4) is 0 Å². The highest BCUT2D eigenvalue weighted by Gasteiger charge is 2.48. The summed E-state index contributed by atoms with van der Waals surface area (Å²) >= 11 is 0.